The molecule has 3 atom stereocenters. The van der Waals surface area contributed by atoms with Crippen molar-refractivity contribution in [2.45, 2.75) is 56.7 Å². The number of hydrogen-bond acceptors (Lipinski definition) is 4. The molecule has 2 heterocycles. The maximum Gasteiger partial charge on any atom is 0.332 e. The maximum atomic E-state index is 11.7. The third-order valence-electron chi connectivity index (χ3n) is 4.07. The monoisotopic (exact) mass is 270 g/mol. The number of carboxylic acid groups (broad SMARTS) is 1. The van der Waals surface area contributed by atoms with Gasteiger partial charge in [-0.15, -0.1) is 0 Å². The molecule has 2 rings (SSSR count). The molecule has 0 aromatic heterocycles. The first-order valence-electron chi connectivity index (χ1n) is 6.98. The van der Waals surface area contributed by atoms with Crippen molar-refractivity contribution in [3.05, 3.63) is 0 Å². The lowest BCUT2D eigenvalue weighted by Gasteiger charge is -2.28. The van der Waals surface area contributed by atoms with E-state index < -0.39 is 12.1 Å². The predicted molar refractivity (Wildman–Crippen MR) is 68.6 cm³/mol. The minimum atomic E-state index is -1.39. The highest BCUT2D eigenvalue weighted by Gasteiger charge is 2.34. The van der Waals surface area contributed by atoms with Gasteiger partial charge in [0.15, 0.2) is 6.10 Å². The van der Waals surface area contributed by atoms with E-state index in [0.717, 1.165) is 12.8 Å². The Kier molecular flexibility index (Phi) is 4.76. The number of carbonyl (C=O) groups excluding carboxylic acids is 1. The van der Waals surface area contributed by atoms with Crippen molar-refractivity contribution in [1.29, 1.82) is 0 Å². The van der Waals surface area contributed by atoms with Crippen molar-refractivity contribution >= 4 is 11.9 Å². The molecule has 2 saturated heterocycles. The van der Waals surface area contributed by atoms with Gasteiger partial charge in [0.1, 0.15) is 0 Å². The summed E-state index contributed by atoms with van der Waals surface area (Å²) >= 11 is 0. The van der Waals surface area contributed by atoms with Gasteiger partial charge in [0, 0.05) is 31.5 Å². The highest BCUT2D eigenvalue weighted by atomic mass is 16.4. The van der Waals surface area contributed by atoms with Crippen LogP contribution in [0.15, 0.2) is 0 Å². The van der Waals surface area contributed by atoms with Crippen LogP contribution in [0, 0.1) is 5.92 Å². The zero-order chi connectivity index (χ0) is 13.8. The van der Waals surface area contributed by atoms with Crippen LogP contribution in [-0.2, 0) is 9.59 Å². The topological polar surface area (TPSA) is 98.7 Å². The molecule has 0 aromatic carbocycles. The van der Waals surface area contributed by atoms with E-state index in [4.69, 9.17) is 10.2 Å². The summed E-state index contributed by atoms with van der Waals surface area (Å²) in [6, 6.07) is 1.15. The Labute approximate surface area is 112 Å². The van der Waals surface area contributed by atoms with E-state index in [9.17, 15) is 9.59 Å². The first kappa shape index (κ1) is 14.3. The molecule has 4 N–H and O–H groups in total. The highest BCUT2D eigenvalue weighted by molar-refractivity contribution is 5.76. The van der Waals surface area contributed by atoms with Crippen molar-refractivity contribution in [3.8, 4) is 0 Å². The Balaban J connectivity index is 1.63. The largest absolute Gasteiger partial charge is 0.479 e. The first-order valence-corrected chi connectivity index (χ1v) is 6.98. The summed E-state index contributed by atoms with van der Waals surface area (Å²) in [6.07, 6.45) is 3.72. The first-order chi connectivity index (χ1) is 9.04. The van der Waals surface area contributed by atoms with Gasteiger partial charge in [-0.3, -0.25) is 4.79 Å². The molecule has 108 valence electrons. The zero-order valence-electron chi connectivity index (χ0n) is 11.0. The molecule has 0 aliphatic carbocycles. The van der Waals surface area contributed by atoms with Crippen LogP contribution in [0.4, 0.5) is 0 Å². The molecule has 0 radical (unpaired) electrons. The predicted octanol–water partition coefficient (Wildman–Crippen LogP) is -0.141. The van der Waals surface area contributed by atoms with Gasteiger partial charge in [-0.2, -0.15) is 0 Å². The van der Waals surface area contributed by atoms with Crippen LogP contribution in [0.3, 0.4) is 0 Å². The number of nitrogens with one attached hydrogen (secondary N) is 2. The van der Waals surface area contributed by atoms with Crippen LogP contribution < -0.4 is 10.6 Å². The molecule has 2 fully saturated rings. The highest BCUT2D eigenvalue weighted by Crippen LogP contribution is 2.32. The van der Waals surface area contributed by atoms with Gasteiger partial charge in [0.2, 0.25) is 5.91 Å². The number of hydrogen-bond donors (Lipinski definition) is 4. The van der Waals surface area contributed by atoms with E-state index in [2.05, 4.69) is 10.6 Å². The van der Waals surface area contributed by atoms with Gasteiger partial charge in [-0.05, 0) is 31.6 Å². The molecule has 6 nitrogen and oxygen atoms in total. The fourth-order valence-electron chi connectivity index (χ4n) is 3.15. The smallest absolute Gasteiger partial charge is 0.332 e. The molecule has 0 saturated carbocycles. The Morgan fingerprint density at radius 2 is 1.89 bits per heavy atom. The van der Waals surface area contributed by atoms with Gasteiger partial charge in [-0.25, -0.2) is 4.79 Å². The third-order valence-corrected chi connectivity index (χ3v) is 4.07. The average molecular weight is 270 g/mol. The van der Waals surface area contributed by atoms with Crippen LogP contribution >= 0.6 is 0 Å². The molecular weight excluding hydrogens is 248 g/mol. The number of aliphatic hydroxyl groups is 1. The Bertz CT molecular complexity index is 336. The van der Waals surface area contributed by atoms with Crippen molar-refractivity contribution in [2.24, 2.45) is 5.92 Å². The number of carboxylic acids is 1. The molecule has 2 unspecified atom stereocenters. The number of carbonyl (C=O) groups is 2. The number of piperidine rings is 1. The van der Waals surface area contributed by atoms with Gasteiger partial charge >= 0.3 is 5.97 Å². The molecule has 2 aliphatic heterocycles. The molecule has 0 aromatic rings. The maximum absolute atomic E-state index is 11.7. The summed E-state index contributed by atoms with van der Waals surface area (Å²) in [5.74, 6) is -0.851. The van der Waals surface area contributed by atoms with Gasteiger partial charge < -0.3 is 20.8 Å². The van der Waals surface area contributed by atoms with Crippen LogP contribution in [0.1, 0.15) is 38.5 Å². The van der Waals surface area contributed by atoms with Gasteiger partial charge in [0.25, 0.3) is 0 Å². The Morgan fingerprint density at radius 3 is 2.47 bits per heavy atom. The fraction of sp³-hybridized carbons (Fsp3) is 0.846. The lowest BCUT2D eigenvalue weighted by Crippen LogP contribution is -2.40. The van der Waals surface area contributed by atoms with E-state index in [0.29, 0.717) is 24.4 Å². The van der Waals surface area contributed by atoms with Crippen molar-refractivity contribution < 1.29 is 19.8 Å². The molecule has 2 bridgehead atoms. The molecule has 6 heteroatoms. The van der Waals surface area contributed by atoms with E-state index in [1.54, 1.807) is 0 Å². The number of aliphatic carboxylic acids is 1. The summed E-state index contributed by atoms with van der Waals surface area (Å²) < 4.78 is 0. The van der Waals surface area contributed by atoms with Crippen LogP contribution in [0.2, 0.25) is 0 Å². The second-order valence-corrected chi connectivity index (χ2v) is 5.67. The summed E-state index contributed by atoms with van der Waals surface area (Å²) in [6.45, 7) is 0.212. The summed E-state index contributed by atoms with van der Waals surface area (Å²) in [4.78, 5) is 22.1. The van der Waals surface area contributed by atoms with Crippen LogP contribution in [-0.4, -0.2) is 46.8 Å². The summed E-state index contributed by atoms with van der Waals surface area (Å²) in [7, 11) is 0. The van der Waals surface area contributed by atoms with Crippen LogP contribution in [0.25, 0.3) is 0 Å². The summed E-state index contributed by atoms with van der Waals surface area (Å²) in [5, 5.41) is 23.8. The third kappa shape index (κ3) is 4.18. The number of amides is 1. The van der Waals surface area contributed by atoms with Crippen molar-refractivity contribution in [2.75, 3.05) is 6.54 Å². The average Bonchev–Trinajstić information content (AvgIpc) is 2.68. The standard InChI is InChI=1S/C13H22N2O4/c16-11(13(18)19)3-4-14-12(17)7-8-5-9-1-2-10(6-8)15-9/h8-11,15-16H,1-7H2,(H,14,17)(H,18,19)/t8?,9?,10?,11-/m0/s1. The van der Waals surface area contributed by atoms with E-state index >= 15 is 0 Å². The molecule has 1 amide bonds. The van der Waals surface area contributed by atoms with Crippen molar-refractivity contribution in [1.82, 2.24) is 10.6 Å². The number of aliphatic hydroxyl groups excluding tert-OH is 1. The number of rotatable bonds is 6. The minimum Gasteiger partial charge on any atom is -0.479 e. The minimum absolute atomic E-state index is 0.0381. The SMILES string of the molecule is O=C(CC1CC2CCC(C1)N2)NCC[C@H](O)C(=O)O. The molecular formula is C13H22N2O4. The van der Waals surface area contributed by atoms with E-state index in [-0.39, 0.29) is 18.9 Å². The van der Waals surface area contributed by atoms with E-state index in [1.165, 1.54) is 12.8 Å². The van der Waals surface area contributed by atoms with Crippen LogP contribution in [0.5, 0.6) is 0 Å². The quantitative estimate of drug-likeness (QED) is 0.538. The second kappa shape index (κ2) is 6.34. The summed E-state index contributed by atoms with van der Waals surface area (Å²) in [5.41, 5.74) is 0. The zero-order valence-corrected chi connectivity index (χ0v) is 11.0. The van der Waals surface area contributed by atoms with Gasteiger partial charge in [-0.1, -0.05) is 0 Å². The fourth-order valence-corrected chi connectivity index (χ4v) is 3.15. The Hall–Kier alpha value is -1.14. The van der Waals surface area contributed by atoms with Crippen molar-refractivity contribution in [3.63, 3.8) is 0 Å². The van der Waals surface area contributed by atoms with E-state index in [1.807, 2.05) is 0 Å². The lowest BCUT2D eigenvalue weighted by molar-refractivity contribution is -0.147. The molecule has 0 spiro atoms. The molecule has 19 heavy (non-hydrogen) atoms. The van der Waals surface area contributed by atoms with Gasteiger partial charge in [0.05, 0.1) is 0 Å². The second-order valence-electron chi connectivity index (χ2n) is 5.67. The number of fused-ring (bicyclic) bond motifs is 2. The normalized spacial score (nSPS) is 30.9. The Morgan fingerprint density at radius 1 is 1.26 bits per heavy atom. The lowest BCUT2D eigenvalue weighted by atomic mass is 9.89. The molecule has 2 aliphatic rings.